The van der Waals surface area contributed by atoms with Crippen LogP contribution in [0.3, 0.4) is 0 Å². The third kappa shape index (κ3) is 2.23. The molecule has 0 unspecified atom stereocenters. The van der Waals surface area contributed by atoms with Crippen molar-refractivity contribution in [3.63, 3.8) is 0 Å². The molecule has 0 bridgehead atoms. The van der Waals surface area contributed by atoms with E-state index in [1.54, 1.807) is 0 Å². The van der Waals surface area contributed by atoms with Gasteiger partial charge in [0.2, 0.25) is 0 Å². The standard InChI is InChI=1S/C9H19NO.Cu/c1-8(2)6-5-7-9(3,4)10(8)11;/h11H,5-7H2,1-4H3;/q;+2. The first kappa shape index (κ1) is 12.4. The van der Waals surface area contributed by atoms with E-state index < -0.39 is 0 Å². The Hall–Kier alpha value is 0.439. The summed E-state index contributed by atoms with van der Waals surface area (Å²) >= 11 is 0. The molecule has 0 aromatic heterocycles. The predicted octanol–water partition coefficient (Wildman–Crippen LogP) is 2.42. The Labute approximate surface area is 85.8 Å². The van der Waals surface area contributed by atoms with Crippen LogP contribution in [0.1, 0.15) is 47.0 Å². The first-order valence-corrected chi connectivity index (χ1v) is 4.35. The summed E-state index contributed by atoms with van der Waals surface area (Å²) in [4.78, 5) is 0. The van der Waals surface area contributed by atoms with Gasteiger partial charge in [0.1, 0.15) is 0 Å². The second-order valence-corrected chi connectivity index (χ2v) is 4.79. The molecular weight excluding hydrogens is 202 g/mol. The van der Waals surface area contributed by atoms with E-state index in [9.17, 15) is 5.21 Å². The zero-order valence-electron chi connectivity index (χ0n) is 8.32. The Morgan fingerprint density at radius 2 is 1.33 bits per heavy atom. The topological polar surface area (TPSA) is 23.5 Å². The predicted molar refractivity (Wildman–Crippen MR) is 45.6 cm³/mol. The van der Waals surface area contributed by atoms with Gasteiger partial charge in [0, 0.05) is 11.1 Å². The number of hydrogen-bond donors (Lipinski definition) is 1. The van der Waals surface area contributed by atoms with E-state index in [-0.39, 0.29) is 28.1 Å². The summed E-state index contributed by atoms with van der Waals surface area (Å²) < 4.78 is 0. The molecule has 1 fully saturated rings. The van der Waals surface area contributed by atoms with Crippen molar-refractivity contribution < 1.29 is 22.3 Å². The normalized spacial score (nSPS) is 27.8. The Bertz CT molecular complexity index is 141. The van der Waals surface area contributed by atoms with Gasteiger partial charge in [-0.1, -0.05) is 0 Å². The zero-order valence-corrected chi connectivity index (χ0v) is 9.26. The molecule has 0 saturated carbocycles. The van der Waals surface area contributed by atoms with Crippen LogP contribution in [-0.4, -0.2) is 21.3 Å². The van der Waals surface area contributed by atoms with Crippen molar-refractivity contribution in [2.75, 3.05) is 0 Å². The van der Waals surface area contributed by atoms with Crippen molar-refractivity contribution in [1.29, 1.82) is 0 Å². The Morgan fingerprint density at radius 1 is 1.00 bits per heavy atom. The molecular formula is C9H19CuNO+2. The molecule has 3 heteroatoms. The summed E-state index contributed by atoms with van der Waals surface area (Å²) in [7, 11) is 0. The molecule has 1 N–H and O–H groups in total. The molecule has 0 amide bonds. The van der Waals surface area contributed by atoms with Gasteiger partial charge in [-0.3, -0.25) is 0 Å². The van der Waals surface area contributed by atoms with Crippen LogP contribution < -0.4 is 0 Å². The molecule has 1 radical (unpaired) electrons. The molecule has 1 heterocycles. The Morgan fingerprint density at radius 3 is 1.58 bits per heavy atom. The molecule has 0 atom stereocenters. The smallest absolute Gasteiger partial charge is 0.313 e. The van der Waals surface area contributed by atoms with Crippen molar-refractivity contribution in [2.24, 2.45) is 0 Å². The number of piperidine rings is 1. The minimum absolute atomic E-state index is 0. The van der Waals surface area contributed by atoms with E-state index in [1.807, 2.05) is 0 Å². The van der Waals surface area contributed by atoms with Gasteiger partial charge in [-0.25, -0.2) is 0 Å². The fraction of sp³-hybridized carbons (Fsp3) is 1.00. The summed E-state index contributed by atoms with van der Waals surface area (Å²) in [6.07, 6.45) is 3.40. The molecule has 1 rings (SSSR count). The number of hydroxylamine groups is 2. The van der Waals surface area contributed by atoms with Gasteiger partial charge in [-0.15, -0.1) is 0 Å². The molecule has 2 nitrogen and oxygen atoms in total. The van der Waals surface area contributed by atoms with Crippen molar-refractivity contribution in [3.05, 3.63) is 0 Å². The van der Waals surface area contributed by atoms with Gasteiger partial charge in [0.25, 0.3) is 0 Å². The second kappa shape index (κ2) is 3.67. The molecule has 12 heavy (non-hydrogen) atoms. The quantitative estimate of drug-likeness (QED) is 0.634. The summed E-state index contributed by atoms with van der Waals surface area (Å²) in [6, 6.07) is 0. The van der Waals surface area contributed by atoms with Gasteiger partial charge in [0.05, 0.1) is 0 Å². The van der Waals surface area contributed by atoms with Gasteiger partial charge in [-0.2, -0.15) is 5.06 Å². The maximum absolute atomic E-state index is 9.80. The maximum Gasteiger partial charge on any atom is 2.00 e. The minimum atomic E-state index is -0.0399. The number of hydrogen-bond acceptors (Lipinski definition) is 2. The molecule has 1 aliphatic heterocycles. The second-order valence-electron chi connectivity index (χ2n) is 4.79. The first-order chi connectivity index (χ1) is 4.86. The van der Waals surface area contributed by atoms with Crippen molar-refractivity contribution >= 4 is 0 Å². The third-order valence-corrected chi connectivity index (χ3v) is 2.72. The fourth-order valence-electron chi connectivity index (χ4n) is 1.98. The number of nitrogens with zero attached hydrogens (tertiary/aromatic N) is 1. The van der Waals surface area contributed by atoms with Crippen LogP contribution in [0, 0.1) is 0 Å². The average Bonchev–Trinajstić information content (AvgIpc) is 1.82. The molecule has 0 spiro atoms. The number of rotatable bonds is 0. The molecule has 75 valence electrons. The van der Waals surface area contributed by atoms with E-state index in [0.29, 0.717) is 0 Å². The van der Waals surface area contributed by atoms with E-state index in [4.69, 9.17) is 0 Å². The summed E-state index contributed by atoms with van der Waals surface area (Å²) in [5, 5.41) is 11.3. The van der Waals surface area contributed by atoms with Crippen LogP contribution in [0.4, 0.5) is 0 Å². The monoisotopic (exact) mass is 220 g/mol. The largest absolute Gasteiger partial charge is 2.00 e. The van der Waals surface area contributed by atoms with Crippen LogP contribution in [0.25, 0.3) is 0 Å². The van der Waals surface area contributed by atoms with Crippen molar-refractivity contribution in [2.45, 2.75) is 58.0 Å². The summed E-state index contributed by atoms with van der Waals surface area (Å²) in [5.41, 5.74) is -0.0799. The third-order valence-electron chi connectivity index (χ3n) is 2.72. The van der Waals surface area contributed by atoms with Crippen LogP contribution in [-0.2, 0) is 17.1 Å². The van der Waals surface area contributed by atoms with E-state index in [1.165, 1.54) is 11.5 Å². The van der Waals surface area contributed by atoms with Gasteiger partial charge in [0.15, 0.2) is 0 Å². The summed E-state index contributed by atoms with van der Waals surface area (Å²) in [6.45, 7) is 8.36. The molecule has 1 aliphatic rings. The average molecular weight is 221 g/mol. The van der Waals surface area contributed by atoms with Gasteiger partial charge >= 0.3 is 17.1 Å². The van der Waals surface area contributed by atoms with Crippen LogP contribution >= 0.6 is 0 Å². The fourth-order valence-corrected chi connectivity index (χ4v) is 1.98. The van der Waals surface area contributed by atoms with Crippen molar-refractivity contribution in [1.82, 2.24) is 5.06 Å². The molecule has 0 aliphatic carbocycles. The molecule has 0 aromatic rings. The Kier molecular flexibility index (Phi) is 3.80. The summed E-state index contributed by atoms with van der Waals surface area (Å²) in [5.74, 6) is 0. The maximum atomic E-state index is 9.80. The Balaban J connectivity index is 0.00000121. The van der Waals surface area contributed by atoms with E-state index >= 15 is 0 Å². The van der Waals surface area contributed by atoms with Gasteiger partial charge < -0.3 is 5.21 Å². The van der Waals surface area contributed by atoms with Crippen LogP contribution in [0.5, 0.6) is 0 Å². The molecule has 0 aromatic carbocycles. The minimum Gasteiger partial charge on any atom is -0.313 e. The van der Waals surface area contributed by atoms with Gasteiger partial charge in [-0.05, 0) is 47.0 Å². The van der Waals surface area contributed by atoms with Crippen molar-refractivity contribution in [3.8, 4) is 0 Å². The van der Waals surface area contributed by atoms with Crippen LogP contribution in [0.15, 0.2) is 0 Å². The van der Waals surface area contributed by atoms with Crippen LogP contribution in [0.2, 0.25) is 0 Å². The van der Waals surface area contributed by atoms with E-state index in [0.717, 1.165) is 12.8 Å². The molecule has 1 saturated heterocycles. The first-order valence-electron chi connectivity index (χ1n) is 4.35. The van der Waals surface area contributed by atoms with E-state index in [2.05, 4.69) is 27.7 Å². The zero-order chi connectivity index (χ0) is 8.70. The SMILES string of the molecule is CC1(C)CCCC(C)(C)N1O.[Cu+2].